The van der Waals surface area contributed by atoms with Gasteiger partial charge in [-0.1, -0.05) is 56.7 Å². The molecular weight excluding hydrogens is 230 g/mol. The van der Waals surface area contributed by atoms with Gasteiger partial charge in [-0.2, -0.15) is 0 Å². The summed E-state index contributed by atoms with van der Waals surface area (Å²) >= 11 is 0. The van der Waals surface area contributed by atoms with Crippen molar-refractivity contribution in [2.45, 2.75) is 76.3 Å². The smallest absolute Gasteiger partial charge is 0.0451 e. The van der Waals surface area contributed by atoms with Gasteiger partial charge < -0.3 is 4.90 Å². The Morgan fingerprint density at radius 2 is 1.37 bits per heavy atom. The Kier molecular flexibility index (Phi) is 4.42. The Balaban J connectivity index is 1.81. The van der Waals surface area contributed by atoms with E-state index >= 15 is 0 Å². The summed E-state index contributed by atoms with van der Waals surface area (Å²) in [6.45, 7) is 0. The zero-order chi connectivity index (χ0) is 12.9. The number of anilines is 1. The van der Waals surface area contributed by atoms with Crippen LogP contribution in [0.25, 0.3) is 0 Å². The van der Waals surface area contributed by atoms with E-state index in [1.807, 2.05) is 0 Å². The van der Waals surface area contributed by atoms with Crippen molar-refractivity contribution < 1.29 is 0 Å². The largest absolute Gasteiger partial charge is 0.365 e. The monoisotopic (exact) mass is 256 g/mol. The van der Waals surface area contributed by atoms with E-state index in [1.165, 1.54) is 69.9 Å². The number of hydrogen-bond acceptors (Lipinski definition) is 1. The van der Waals surface area contributed by atoms with Crippen molar-refractivity contribution in [3.05, 3.63) is 30.3 Å². The van der Waals surface area contributed by atoms with Gasteiger partial charge in [-0.05, 0) is 31.7 Å². The van der Waals surface area contributed by atoms with Crippen molar-refractivity contribution in [1.29, 1.82) is 0 Å². The van der Waals surface area contributed by atoms with E-state index in [9.17, 15) is 0 Å². The van der Waals surface area contributed by atoms with Crippen molar-refractivity contribution >= 4 is 5.69 Å². The zero-order valence-electron chi connectivity index (χ0n) is 12.0. The first-order valence-electron chi connectivity index (χ1n) is 8.20. The van der Waals surface area contributed by atoms with E-state index in [0.717, 1.165) is 12.1 Å². The highest BCUT2D eigenvalue weighted by Gasteiger charge is 2.28. The van der Waals surface area contributed by atoms with Crippen molar-refractivity contribution in [1.82, 2.24) is 0 Å². The van der Waals surface area contributed by atoms with Crippen LogP contribution in [0.1, 0.15) is 64.2 Å². The molecule has 2 aliphatic rings. The lowest BCUT2D eigenvalue weighted by molar-refractivity contribution is 0.340. The maximum Gasteiger partial charge on any atom is 0.0451 e. The van der Waals surface area contributed by atoms with Gasteiger partial charge in [0.2, 0.25) is 0 Å². The van der Waals surface area contributed by atoms with Gasteiger partial charge in [0, 0.05) is 23.8 Å². The number of nitrogens with zero attached hydrogens (tertiary/aromatic N) is 1. The summed E-state index contributed by atoms with van der Waals surface area (Å²) in [4.78, 5) is 2.75. The van der Waals surface area contributed by atoms with Gasteiger partial charge in [0.05, 0.1) is 0 Å². The third-order valence-electron chi connectivity index (χ3n) is 4.91. The highest BCUT2D eigenvalue weighted by molar-refractivity contribution is 5.47. The molecule has 0 aromatic heterocycles. The topological polar surface area (TPSA) is 3.24 Å². The number of hydrogen-bond donors (Lipinski definition) is 0. The van der Waals surface area contributed by atoms with Gasteiger partial charge in [-0.25, -0.2) is 0 Å². The lowest BCUT2D eigenvalue weighted by Crippen LogP contribution is -2.45. The molecule has 1 heteroatoms. The molecule has 1 aromatic rings. The Bertz CT molecular complexity index is 343. The predicted octanol–water partition coefficient (Wildman–Crippen LogP) is 4.96. The summed E-state index contributed by atoms with van der Waals surface area (Å²) < 4.78 is 0. The van der Waals surface area contributed by atoms with Crippen molar-refractivity contribution in [2.24, 2.45) is 0 Å². The Morgan fingerprint density at radius 3 is 1.84 bits per heavy atom. The second kappa shape index (κ2) is 6.45. The lowest BCUT2D eigenvalue weighted by atomic mass is 9.88. The van der Waals surface area contributed by atoms with Crippen molar-refractivity contribution in [2.75, 3.05) is 4.90 Å². The summed E-state index contributed by atoms with van der Waals surface area (Å²) in [5.41, 5.74) is 1.35. The average Bonchev–Trinajstić information content (AvgIpc) is 2.51. The van der Waals surface area contributed by atoms with Crippen LogP contribution in [0.15, 0.2) is 24.3 Å². The van der Waals surface area contributed by atoms with Crippen LogP contribution < -0.4 is 4.90 Å². The van der Waals surface area contributed by atoms with Gasteiger partial charge in [-0.15, -0.1) is 0 Å². The Morgan fingerprint density at radius 1 is 0.789 bits per heavy atom. The maximum atomic E-state index is 3.49. The van der Waals surface area contributed by atoms with E-state index in [1.54, 1.807) is 0 Å². The Hall–Kier alpha value is -0.980. The molecule has 0 unspecified atom stereocenters. The molecule has 1 nitrogen and oxygen atoms in total. The first kappa shape index (κ1) is 13.0. The maximum absolute atomic E-state index is 3.49. The fourth-order valence-corrected chi connectivity index (χ4v) is 3.95. The van der Waals surface area contributed by atoms with Gasteiger partial charge >= 0.3 is 0 Å². The molecule has 3 rings (SSSR count). The molecule has 19 heavy (non-hydrogen) atoms. The molecule has 1 radical (unpaired) electrons. The molecular formula is C18H26N. The summed E-state index contributed by atoms with van der Waals surface area (Å²) in [6, 6.07) is 13.6. The third-order valence-corrected chi connectivity index (χ3v) is 4.91. The van der Waals surface area contributed by atoms with Crippen LogP contribution in [0.5, 0.6) is 0 Å². The number of rotatable bonds is 3. The van der Waals surface area contributed by atoms with E-state index in [4.69, 9.17) is 0 Å². The molecule has 0 spiro atoms. The molecule has 103 valence electrons. The Labute approximate surface area is 118 Å². The highest BCUT2D eigenvalue weighted by Crippen LogP contribution is 2.33. The standard InChI is InChI=1S/C18H26N/c1-4-10-16(11-5-1)19(17-12-6-2-7-13-17)18-14-8-3-9-15-18/h1,4-5,10,17-18H,2-3,6-9,12-15H2. The van der Waals surface area contributed by atoms with Crippen LogP contribution in [0.3, 0.4) is 0 Å². The lowest BCUT2D eigenvalue weighted by Gasteiger charge is -2.43. The summed E-state index contributed by atoms with van der Waals surface area (Å²) in [6.07, 6.45) is 14.1. The van der Waals surface area contributed by atoms with Crippen LogP contribution in [-0.4, -0.2) is 12.1 Å². The zero-order valence-corrected chi connectivity index (χ0v) is 12.0. The molecule has 0 bridgehead atoms. The quantitative estimate of drug-likeness (QED) is 0.739. The summed E-state index contributed by atoms with van der Waals surface area (Å²) in [5.74, 6) is 0. The third kappa shape index (κ3) is 3.13. The van der Waals surface area contributed by atoms with Crippen LogP contribution >= 0.6 is 0 Å². The highest BCUT2D eigenvalue weighted by atomic mass is 15.2. The molecule has 0 N–H and O–H groups in total. The first-order chi connectivity index (χ1) is 9.45. The van der Waals surface area contributed by atoms with E-state index < -0.39 is 0 Å². The average molecular weight is 256 g/mol. The van der Waals surface area contributed by atoms with Gasteiger partial charge in [-0.3, -0.25) is 0 Å². The molecule has 0 saturated heterocycles. The second-order valence-corrected chi connectivity index (χ2v) is 6.24. The van der Waals surface area contributed by atoms with Crippen molar-refractivity contribution in [3.8, 4) is 0 Å². The van der Waals surface area contributed by atoms with Crippen LogP contribution in [0.2, 0.25) is 0 Å². The van der Waals surface area contributed by atoms with Gasteiger partial charge in [0.25, 0.3) is 0 Å². The fraction of sp³-hybridized carbons (Fsp3) is 0.667. The van der Waals surface area contributed by atoms with E-state index in [0.29, 0.717) is 0 Å². The molecule has 2 aliphatic carbocycles. The van der Waals surface area contributed by atoms with E-state index in [2.05, 4.69) is 35.2 Å². The summed E-state index contributed by atoms with van der Waals surface area (Å²) in [7, 11) is 0. The number of para-hydroxylation sites is 1. The van der Waals surface area contributed by atoms with Crippen LogP contribution in [0, 0.1) is 6.07 Å². The molecule has 2 fully saturated rings. The van der Waals surface area contributed by atoms with E-state index in [-0.39, 0.29) is 0 Å². The van der Waals surface area contributed by atoms with Crippen LogP contribution in [-0.2, 0) is 0 Å². The number of benzene rings is 1. The molecule has 0 amide bonds. The first-order valence-corrected chi connectivity index (χ1v) is 8.20. The minimum absolute atomic E-state index is 0.774. The van der Waals surface area contributed by atoms with Crippen LogP contribution in [0.4, 0.5) is 5.69 Å². The van der Waals surface area contributed by atoms with Gasteiger partial charge in [0.1, 0.15) is 0 Å². The predicted molar refractivity (Wildman–Crippen MR) is 81.5 cm³/mol. The molecule has 0 atom stereocenters. The normalized spacial score (nSPS) is 22.3. The summed E-state index contributed by atoms with van der Waals surface area (Å²) in [5, 5.41) is 0. The molecule has 0 heterocycles. The molecule has 2 saturated carbocycles. The van der Waals surface area contributed by atoms with Gasteiger partial charge in [0.15, 0.2) is 0 Å². The van der Waals surface area contributed by atoms with Crippen molar-refractivity contribution in [3.63, 3.8) is 0 Å². The second-order valence-electron chi connectivity index (χ2n) is 6.24. The molecule has 1 aromatic carbocycles. The fourth-order valence-electron chi connectivity index (χ4n) is 3.95. The SMILES string of the molecule is [c]1ccccc1N(C1CCCCC1)C1CCCCC1. The molecule has 0 aliphatic heterocycles. The minimum Gasteiger partial charge on any atom is -0.365 e. The minimum atomic E-state index is 0.774.